The van der Waals surface area contributed by atoms with E-state index in [1.807, 2.05) is 30.3 Å². The van der Waals surface area contributed by atoms with E-state index in [2.05, 4.69) is 16.0 Å². The molecular formula is C21H21FN4O3. The molecule has 1 aromatic heterocycles. The van der Waals surface area contributed by atoms with Crippen molar-refractivity contribution < 1.29 is 18.7 Å². The van der Waals surface area contributed by atoms with Gasteiger partial charge in [-0.05, 0) is 57.2 Å². The zero-order valence-corrected chi connectivity index (χ0v) is 16.3. The number of carbonyl (C=O) groups excluding carboxylic acids is 2. The third-order valence-electron chi connectivity index (χ3n) is 4.31. The van der Waals surface area contributed by atoms with E-state index in [1.165, 1.54) is 31.2 Å². The normalized spacial score (nSPS) is 11.6. The molecule has 0 saturated carbocycles. The average Bonchev–Trinajstić information content (AvgIpc) is 3.02. The van der Waals surface area contributed by atoms with Crippen molar-refractivity contribution in [2.75, 3.05) is 0 Å². The van der Waals surface area contributed by atoms with Gasteiger partial charge in [-0.15, -0.1) is 0 Å². The predicted octanol–water partition coefficient (Wildman–Crippen LogP) is 2.86. The highest BCUT2D eigenvalue weighted by molar-refractivity contribution is 5.97. The minimum Gasteiger partial charge on any atom is -0.481 e. The third-order valence-corrected chi connectivity index (χ3v) is 4.31. The molecular weight excluding hydrogens is 375 g/mol. The number of nitrogens with zero attached hydrogens (tertiary/aromatic N) is 2. The van der Waals surface area contributed by atoms with E-state index in [9.17, 15) is 14.0 Å². The molecule has 3 aromatic rings. The van der Waals surface area contributed by atoms with Gasteiger partial charge in [0, 0.05) is 0 Å². The lowest BCUT2D eigenvalue weighted by Crippen LogP contribution is -2.47. The third kappa shape index (κ3) is 4.60. The Morgan fingerprint density at radius 2 is 1.69 bits per heavy atom. The van der Waals surface area contributed by atoms with Crippen LogP contribution in [0.3, 0.4) is 0 Å². The zero-order valence-electron chi connectivity index (χ0n) is 16.3. The molecule has 0 saturated heterocycles. The molecule has 3 rings (SSSR count). The summed E-state index contributed by atoms with van der Waals surface area (Å²) >= 11 is 0. The van der Waals surface area contributed by atoms with Crippen molar-refractivity contribution in [2.24, 2.45) is 0 Å². The maximum Gasteiger partial charge on any atom is 0.279 e. The molecule has 7 nitrogen and oxygen atoms in total. The molecule has 0 unspecified atom stereocenters. The van der Waals surface area contributed by atoms with Crippen LogP contribution in [-0.2, 0) is 4.79 Å². The molecule has 0 radical (unpaired) electrons. The van der Waals surface area contributed by atoms with Gasteiger partial charge in [0.25, 0.3) is 11.8 Å². The summed E-state index contributed by atoms with van der Waals surface area (Å²) in [5, 5.41) is 4.41. The lowest BCUT2D eigenvalue weighted by molar-refractivity contribution is -0.128. The Bertz CT molecular complexity index is 1020. The number of amides is 2. The van der Waals surface area contributed by atoms with Gasteiger partial charge in [-0.1, -0.05) is 18.2 Å². The van der Waals surface area contributed by atoms with Crippen molar-refractivity contribution in [3.8, 4) is 11.4 Å². The summed E-state index contributed by atoms with van der Waals surface area (Å²) < 4.78 is 20.0. The first-order valence-corrected chi connectivity index (χ1v) is 9.01. The fraction of sp³-hybridized carbons (Fsp3) is 0.190. The van der Waals surface area contributed by atoms with Crippen molar-refractivity contribution in [1.29, 1.82) is 0 Å². The molecule has 8 heteroatoms. The molecule has 0 aliphatic carbocycles. The van der Waals surface area contributed by atoms with Crippen LogP contribution in [0.1, 0.15) is 28.7 Å². The standard InChI is InChI=1S/C21H21FN4O3/c1-13-19(14(2)26(25-13)17-7-5-4-6-8-17)21(28)24-23-20(27)15(3)29-18-11-9-16(22)10-12-18/h4-12,15H,1-3H3,(H,23,27)(H,24,28)/t15-/m0/s1. The maximum atomic E-state index is 12.9. The number of hydrogen-bond acceptors (Lipinski definition) is 4. The van der Waals surface area contributed by atoms with Crippen molar-refractivity contribution in [3.63, 3.8) is 0 Å². The smallest absolute Gasteiger partial charge is 0.279 e. The molecule has 2 aromatic carbocycles. The fourth-order valence-corrected chi connectivity index (χ4v) is 2.85. The Balaban J connectivity index is 1.64. The van der Waals surface area contributed by atoms with Crippen LogP contribution in [-0.4, -0.2) is 27.7 Å². The molecule has 2 N–H and O–H groups in total. The molecule has 0 aliphatic heterocycles. The SMILES string of the molecule is Cc1nn(-c2ccccc2)c(C)c1C(=O)NNC(=O)[C@H](C)Oc1ccc(F)cc1. The number of aromatic nitrogens is 2. The zero-order chi connectivity index (χ0) is 21.0. The highest BCUT2D eigenvalue weighted by atomic mass is 19.1. The summed E-state index contributed by atoms with van der Waals surface area (Å²) in [6.45, 7) is 5.03. The second-order valence-electron chi connectivity index (χ2n) is 6.45. The van der Waals surface area contributed by atoms with Gasteiger partial charge in [0.05, 0.1) is 22.6 Å². The van der Waals surface area contributed by atoms with E-state index in [1.54, 1.807) is 18.5 Å². The Morgan fingerprint density at radius 1 is 1.03 bits per heavy atom. The predicted molar refractivity (Wildman–Crippen MR) is 105 cm³/mol. The van der Waals surface area contributed by atoms with Gasteiger partial charge >= 0.3 is 0 Å². The first-order valence-electron chi connectivity index (χ1n) is 9.01. The number of hydrogen-bond donors (Lipinski definition) is 2. The van der Waals surface area contributed by atoms with Gasteiger partial charge in [-0.3, -0.25) is 20.4 Å². The number of halogens is 1. The second-order valence-corrected chi connectivity index (χ2v) is 6.45. The Hall–Kier alpha value is -3.68. The molecule has 150 valence electrons. The van der Waals surface area contributed by atoms with Crippen LogP contribution in [0.5, 0.6) is 5.75 Å². The first-order chi connectivity index (χ1) is 13.9. The summed E-state index contributed by atoms with van der Waals surface area (Å²) in [7, 11) is 0. The average molecular weight is 396 g/mol. The van der Waals surface area contributed by atoms with Gasteiger partial charge in [0.1, 0.15) is 11.6 Å². The largest absolute Gasteiger partial charge is 0.481 e. The summed E-state index contributed by atoms with van der Waals surface area (Å²) in [5.74, 6) is -1.09. The van der Waals surface area contributed by atoms with Crippen LogP contribution in [0.25, 0.3) is 5.69 Å². The van der Waals surface area contributed by atoms with Crippen molar-refractivity contribution >= 4 is 11.8 Å². The molecule has 2 amide bonds. The number of para-hydroxylation sites is 1. The highest BCUT2D eigenvalue weighted by Gasteiger charge is 2.21. The molecule has 0 spiro atoms. The van der Waals surface area contributed by atoms with E-state index >= 15 is 0 Å². The van der Waals surface area contributed by atoms with Crippen molar-refractivity contribution in [2.45, 2.75) is 26.9 Å². The maximum absolute atomic E-state index is 12.9. The summed E-state index contributed by atoms with van der Waals surface area (Å²) in [6.07, 6.45) is -0.894. The number of benzene rings is 2. The molecule has 0 bridgehead atoms. The van der Waals surface area contributed by atoms with Crippen LogP contribution in [0.4, 0.5) is 4.39 Å². The highest BCUT2D eigenvalue weighted by Crippen LogP contribution is 2.17. The number of carbonyl (C=O) groups is 2. The van der Waals surface area contributed by atoms with Gasteiger partial charge in [0.15, 0.2) is 6.10 Å². The van der Waals surface area contributed by atoms with Gasteiger partial charge < -0.3 is 4.74 Å². The van der Waals surface area contributed by atoms with E-state index in [-0.39, 0.29) is 0 Å². The van der Waals surface area contributed by atoms with Crippen LogP contribution in [0.2, 0.25) is 0 Å². The lowest BCUT2D eigenvalue weighted by atomic mass is 10.2. The first kappa shape index (κ1) is 20.1. The fourth-order valence-electron chi connectivity index (χ4n) is 2.85. The quantitative estimate of drug-likeness (QED) is 0.650. The van der Waals surface area contributed by atoms with E-state index < -0.39 is 23.7 Å². The van der Waals surface area contributed by atoms with E-state index in [0.29, 0.717) is 22.7 Å². The van der Waals surface area contributed by atoms with Gasteiger partial charge in [0.2, 0.25) is 0 Å². The van der Waals surface area contributed by atoms with Crippen LogP contribution in [0.15, 0.2) is 54.6 Å². The Morgan fingerprint density at radius 3 is 2.34 bits per heavy atom. The molecule has 0 aliphatic rings. The van der Waals surface area contributed by atoms with E-state index in [4.69, 9.17) is 4.74 Å². The summed E-state index contributed by atoms with van der Waals surface area (Å²) in [4.78, 5) is 24.8. The van der Waals surface area contributed by atoms with Crippen LogP contribution < -0.4 is 15.6 Å². The van der Waals surface area contributed by atoms with E-state index in [0.717, 1.165) is 5.69 Å². The second kappa shape index (κ2) is 8.55. The summed E-state index contributed by atoms with van der Waals surface area (Å²) in [6, 6.07) is 14.7. The number of nitrogens with one attached hydrogen (secondary N) is 2. The molecule has 29 heavy (non-hydrogen) atoms. The van der Waals surface area contributed by atoms with Gasteiger partial charge in [-0.25, -0.2) is 9.07 Å². The molecule has 1 heterocycles. The lowest BCUT2D eigenvalue weighted by Gasteiger charge is -2.15. The number of hydrazine groups is 1. The topological polar surface area (TPSA) is 85.3 Å². The monoisotopic (exact) mass is 396 g/mol. The number of aryl methyl sites for hydroxylation is 1. The van der Waals surface area contributed by atoms with Crippen molar-refractivity contribution in [3.05, 3.63) is 77.4 Å². The minimum absolute atomic E-state index is 0.344. The molecule has 1 atom stereocenters. The number of rotatable bonds is 5. The Kier molecular flexibility index (Phi) is 5.92. The summed E-state index contributed by atoms with van der Waals surface area (Å²) in [5.41, 5.74) is 7.12. The minimum atomic E-state index is -0.894. The number of ether oxygens (including phenoxy) is 1. The molecule has 0 fully saturated rings. The Labute approximate surface area is 167 Å². The van der Waals surface area contributed by atoms with Crippen LogP contribution in [0, 0.1) is 19.7 Å². The van der Waals surface area contributed by atoms with Crippen LogP contribution >= 0.6 is 0 Å². The van der Waals surface area contributed by atoms with Gasteiger partial charge in [-0.2, -0.15) is 5.10 Å². The van der Waals surface area contributed by atoms with Crippen molar-refractivity contribution in [1.82, 2.24) is 20.6 Å².